The van der Waals surface area contributed by atoms with E-state index in [9.17, 15) is 0 Å². The van der Waals surface area contributed by atoms with Gasteiger partial charge in [-0.3, -0.25) is 0 Å². The van der Waals surface area contributed by atoms with E-state index in [1.807, 2.05) is 0 Å². The maximum Gasteiger partial charge on any atom is 0.273 e. The van der Waals surface area contributed by atoms with Crippen LogP contribution in [-0.4, -0.2) is 37.1 Å². The number of ether oxygens (including phenoxy) is 2. The van der Waals surface area contributed by atoms with Crippen molar-refractivity contribution in [3.8, 4) is 0 Å². The van der Waals surface area contributed by atoms with Gasteiger partial charge >= 0.3 is 0 Å². The molecule has 0 saturated carbocycles. The van der Waals surface area contributed by atoms with E-state index in [4.69, 9.17) is 9.47 Å². The van der Waals surface area contributed by atoms with Crippen molar-refractivity contribution in [2.45, 2.75) is 52.7 Å². The minimum Gasteiger partial charge on any atom is -0.469 e. The zero-order valence-corrected chi connectivity index (χ0v) is 11.8. The second-order valence-electron chi connectivity index (χ2n) is 6.03. The maximum atomic E-state index is 5.80. The molecule has 0 aromatic rings. The van der Waals surface area contributed by atoms with Gasteiger partial charge in [0.05, 0.1) is 13.1 Å². The molecule has 2 atom stereocenters. The van der Waals surface area contributed by atoms with E-state index in [-0.39, 0.29) is 12.2 Å². The van der Waals surface area contributed by atoms with Gasteiger partial charge in [-0.2, -0.15) is 0 Å². The van der Waals surface area contributed by atoms with Crippen molar-refractivity contribution in [2.24, 2.45) is 21.8 Å². The Morgan fingerprint density at radius 2 is 1.28 bits per heavy atom. The van der Waals surface area contributed by atoms with E-state index >= 15 is 0 Å². The molecule has 0 N–H and O–H groups in total. The molecule has 2 heterocycles. The molecule has 2 aliphatic heterocycles. The first kappa shape index (κ1) is 13.4. The lowest BCUT2D eigenvalue weighted by Crippen LogP contribution is -2.23. The van der Waals surface area contributed by atoms with Gasteiger partial charge in [-0.1, -0.05) is 27.7 Å². The quantitative estimate of drug-likeness (QED) is 0.755. The molecule has 0 unspecified atom stereocenters. The fourth-order valence-electron chi connectivity index (χ4n) is 2.37. The minimum absolute atomic E-state index is 0.204. The molecule has 102 valence electrons. The van der Waals surface area contributed by atoms with Crippen molar-refractivity contribution in [1.82, 2.24) is 0 Å². The van der Waals surface area contributed by atoms with Gasteiger partial charge in [0, 0.05) is 0 Å². The number of nitrogens with zero attached hydrogens (tertiary/aromatic N) is 2. The third-order valence-electron chi connectivity index (χ3n) is 3.09. The van der Waals surface area contributed by atoms with Crippen molar-refractivity contribution >= 4 is 11.8 Å². The Hall–Kier alpha value is -1.06. The Bertz CT molecular complexity index is 314. The molecule has 18 heavy (non-hydrogen) atoms. The van der Waals surface area contributed by atoms with E-state index < -0.39 is 0 Å². The van der Waals surface area contributed by atoms with E-state index in [2.05, 4.69) is 37.7 Å². The lowest BCUT2D eigenvalue weighted by atomic mass is 10.1. The summed E-state index contributed by atoms with van der Waals surface area (Å²) >= 11 is 0. The lowest BCUT2D eigenvalue weighted by Gasteiger charge is -2.15. The second kappa shape index (κ2) is 5.72. The Labute approximate surface area is 109 Å². The number of hydrogen-bond acceptors (Lipinski definition) is 4. The molecule has 2 rings (SSSR count). The SMILES string of the molecule is CC(C)C[C@@H]1CN=C(C2=NC[C@@H](CC(C)C)O2)O1. The Balaban J connectivity index is 1.81. The summed E-state index contributed by atoms with van der Waals surface area (Å²) in [4.78, 5) is 8.81. The van der Waals surface area contributed by atoms with Crippen LogP contribution < -0.4 is 0 Å². The summed E-state index contributed by atoms with van der Waals surface area (Å²) in [7, 11) is 0. The molecule has 0 fully saturated rings. The molecular weight excluding hydrogens is 228 g/mol. The molecule has 4 nitrogen and oxygen atoms in total. The van der Waals surface area contributed by atoms with Crippen LogP contribution in [-0.2, 0) is 9.47 Å². The first-order chi connectivity index (χ1) is 8.54. The van der Waals surface area contributed by atoms with Crippen LogP contribution in [0.5, 0.6) is 0 Å². The number of hydrogen-bond donors (Lipinski definition) is 0. The van der Waals surface area contributed by atoms with Crippen molar-refractivity contribution in [3.05, 3.63) is 0 Å². The normalized spacial score (nSPS) is 27.2. The zero-order chi connectivity index (χ0) is 13.1. The first-order valence-corrected chi connectivity index (χ1v) is 6.97. The van der Waals surface area contributed by atoms with Gasteiger partial charge in [0.15, 0.2) is 0 Å². The van der Waals surface area contributed by atoms with Crippen molar-refractivity contribution in [1.29, 1.82) is 0 Å². The molecule has 0 aromatic heterocycles. The standard InChI is InChI=1S/C14H24N2O2/c1-9(2)5-11-7-15-13(17-11)14-16-8-12(18-14)6-10(3)4/h9-12H,5-8H2,1-4H3/t11-,12-/m1/s1. The largest absolute Gasteiger partial charge is 0.469 e. The van der Waals surface area contributed by atoms with Crippen LogP contribution >= 0.6 is 0 Å². The maximum absolute atomic E-state index is 5.80. The third-order valence-corrected chi connectivity index (χ3v) is 3.09. The van der Waals surface area contributed by atoms with Gasteiger partial charge in [0.2, 0.25) is 0 Å². The summed E-state index contributed by atoms with van der Waals surface area (Å²) < 4.78 is 11.6. The van der Waals surface area contributed by atoms with E-state index in [0.717, 1.165) is 25.9 Å². The van der Waals surface area contributed by atoms with Crippen LogP contribution in [0.25, 0.3) is 0 Å². The molecule has 0 spiro atoms. The highest BCUT2D eigenvalue weighted by Gasteiger charge is 2.30. The highest BCUT2D eigenvalue weighted by Crippen LogP contribution is 2.19. The van der Waals surface area contributed by atoms with Crippen LogP contribution in [0.1, 0.15) is 40.5 Å². The highest BCUT2D eigenvalue weighted by molar-refractivity contribution is 6.36. The zero-order valence-electron chi connectivity index (χ0n) is 11.8. The van der Waals surface area contributed by atoms with Crippen LogP contribution in [0.2, 0.25) is 0 Å². The first-order valence-electron chi connectivity index (χ1n) is 6.97. The van der Waals surface area contributed by atoms with Gasteiger partial charge < -0.3 is 9.47 Å². The average Bonchev–Trinajstić information content (AvgIpc) is 2.85. The average molecular weight is 252 g/mol. The van der Waals surface area contributed by atoms with Crippen molar-refractivity contribution in [2.75, 3.05) is 13.1 Å². The van der Waals surface area contributed by atoms with Crippen molar-refractivity contribution < 1.29 is 9.47 Å². The van der Waals surface area contributed by atoms with E-state index in [1.165, 1.54) is 0 Å². The van der Waals surface area contributed by atoms with Crippen LogP contribution in [0.15, 0.2) is 9.98 Å². The molecule has 0 amide bonds. The summed E-state index contributed by atoms with van der Waals surface area (Å²) in [6.45, 7) is 10.3. The number of rotatable bonds is 5. The molecule has 0 radical (unpaired) electrons. The minimum atomic E-state index is 0.204. The summed E-state index contributed by atoms with van der Waals surface area (Å²) in [5.41, 5.74) is 0. The monoisotopic (exact) mass is 252 g/mol. The topological polar surface area (TPSA) is 43.2 Å². The van der Waals surface area contributed by atoms with Gasteiger partial charge in [0.1, 0.15) is 12.2 Å². The number of aliphatic imine (C=N–C) groups is 2. The molecule has 0 bridgehead atoms. The molecule has 0 aromatic carbocycles. The molecule has 2 aliphatic rings. The fourth-order valence-corrected chi connectivity index (χ4v) is 2.37. The summed E-state index contributed by atoms with van der Waals surface area (Å²) in [5.74, 6) is 2.49. The summed E-state index contributed by atoms with van der Waals surface area (Å²) in [6.07, 6.45) is 2.48. The third kappa shape index (κ3) is 3.47. The van der Waals surface area contributed by atoms with Gasteiger partial charge in [0.25, 0.3) is 11.8 Å². The van der Waals surface area contributed by atoms with Crippen LogP contribution in [0.4, 0.5) is 0 Å². The van der Waals surface area contributed by atoms with Gasteiger partial charge in [-0.25, -0.2) is 9.98 Å². The molecular formula is C14H24N2O2. The second-order valence-corrected chi connectivity index (χ2v) is 6.03. The fraction of sp³-hybridized carbons (Fsp3) is 0.857. The van der Waals surface area contributed by atoms with E-state index in [1.54, 1.807) is 0 Å². The lowest BCUT2D eigenvalue weighted by molar-refractivity contribution is 0.176. The predicted octanol–water partition coefficient (Wildman–Crippen LogP) is 2.67. The smallest absolute Gasteiger partial charge is 0.273 e. The summed E-state index contributed by atoms with van der Waals surface area (Å²) in [6, 6.07) is 0. The van der Waals surface area contributed by atoms with Crippen LogP contribution in [0, 0.1) is 11.8 Å². The van der Waals surface area contributed by atoms with E-state index in [0.29, 0.717) is 23.6 Å². The van der Waals surface area contributed by atoms with Crippen LogP contribution in [0.3, 0.4) is 0 Å². The molecule has 0 saturated heterocycles. The highest BCUT2D eigenvalue weighted by atomic mass is 16.6. The van der Waals surface area contributed by atoms with Crippen molar-refractivity contribution in [3.63, 3.8) is 0 Å². The molecule has 0 aliphatic carbocycles. The Morgan fingerprint density at radius 1 is 0.889 bits per heavy atom. The predicted molar refractivity (Wildman–Crippen MR) is 73.3 cm³/mol. The van der Waals surface area contributed by atoms with Gasteiger partial charge in [-0.05, 0) is 24.7 Å². The van der Waals surface area contributed by atoms with Gasteiger partial charge in [-0.15, -0.1) is 0 Å². The summed E-state index contributed by atoms with van der Waals surface area (Å²) in [5, 5.41) is 0. The molecule has 4 heteroatoms. The Kier molecular flexibility index (Phi) is 4.25. The Morgan fingerprint density at radius 3 is 1.61 bits per heavy atom.